The van der Waals surface area contributed by atoms with Crippen LogP contribution in [-0.4, -0.2) is 69.9 Å². The highest BCUT2D eigenvalue weighted by atomic mass is 35.5. The minimum absolute atomic E-state index is 0.0577. The summed E-state index contributed by atoms with van der Waals surface area (Å²) in [5.41, 5.74) is 4.48. The number of carbonyl (C=O) groups excluding carboxylic acids is 1. The van der Waals surface area contributed by atoms with Crippen LogP contribution in [0, 0.1) is 0 Å². The summed E-state index contributed by atoms with van der Waals surface area (Å²) in [6, 6.07) is 11.3. The molecule has 5 rings (SSSR count). The third kappa shape index (κ3) is 6.92. The number of hydrogen-bond acceptors (Lipinski definition) is 7. The molecule has 1 saturated heterocycles. The van der Waals surface area contributed by atoms with E-state index in [4.69, 9.17) is 38.0 Å². The number of nitrogens with zero attached hydrogens (tertiary/aromatic N) is 4. The number of carbonyl (C=O) groups is 1. The van der Waals surface area contributed by atoms with Gasteiger partial charge in [0, 0.05) is 78.4 Å². The molecule has 1 aliphatic rings. The van der Waals surface area contributed by atoms with Crippen molar-refractivity contribution in [2.24, 2.45) is 0 Å². The number of fused-ring (bicyclic) bond motifs is 1. The van der Waals surface area contributed by atoms with Crippen molar-refractivity contribution < 1.29 is 14.6 Å². The van der Waals surface area contributed by atoms with E-state index in [0.717, 1.165) is 73.0 Å². The fraction of sp³-hybridized carbons (Fsp3) is 0.357. The minimum atomic E-state index is -0.553. The first kappa shape index (κ1) is 27.9. The Morgan fingerprint density at radius 1 is 1.10 bits per heavy atom. The Bertz CT molecular complexity index is 1430. The average molecular weight is 589 g/mol. The molecule has 0 bridgehead atoms. The van der Waals surface area contributed by atoms with Crippen molar-refractivity contribution in [1.29, 1.82) is 0 Å². The third-order valence-corrected chi connectivity index (χ3v) is 8.19. The second-order valence-electron chi connectivity index (χ2n) is 9.52. The molecule has 1 amide bonds. The fourth-order valence-electron chi connectivity index (χ4n) is 4.83. The Morgan fingerprint density at radius 2 is 1.85 bits per heavy atom. The molecule has 0 aliphatic carbocycles. The monoisotopic (exact) mass is 587 g/mol. The lowest BCUT2D eigenvalue weighted by Gasteiger charge is -2.33. The van der Waals surface area contributed by atoms with E-state index in [1.807, 2.05) is 6.20 Å². The number of amides is 1. The molecule has 0 radical (unpaired) electrons. The molecule has 2 aromatic carbocycles. The predicted molar refractivity (Wildman–Crippen MR) is 158 cm³/mol. The van der Waals surface area contributed by atoms with E-state index in [1.54, 1.807) is 29.5 Å². The number of aryl methyl sites for hydroxylation is 1. The first-order valence-electron chi connectivity index (χ1n) is 12.9. The highest BCUT2D eigenvalue weighted by Crippen LogP contribution is 2.33. The first-order chi connectivity index (χ1) is 18.9. The van der Waals surface area contributed by atoms with Gasteiger partial charge in [0.05, 0.1) is 23.5 Å². The van der Waals surface area contributed by atoms with Gasteiger partial charge in [-0.05, 0) is 48.9 Å². The zero-order valence-corrected chi connectivity index (χ0v) is 24.0. The summed E-state index contributed by atoms with van der Waals surface area (Å²) in [5.74, 6) is 0. The van der Waals surface area contributed by atoms with Crippen LogP contribution >= 0.6 is 34.5 Å². The van der Waals surface area contributed by atoms with Crippen molar-refractivity contribution in [3.05, 3.63) is 69.3 Å². The number of halogens is 2. The van der Waals surface area contributed by atoms with Crippen LogP contribution in [0.3, 0.4) is 0 Å². The van der Waals surface area contributed by atoms with E-state index in [-0.39, 0.29) is 13.2 Å². The standard InChI is InChI=1S/C28H31Cl2N5O3S/c1-2-35-16-25(32-28(37)38-17-19-11-21(29)14-22(30)12-19)24-13-20(3-4-26(24)35)27-31-23(18-39-27)15-34-7-5-33(6-8-34)9-10-36/h3-4,11-14,16,18,36H,2,5-10,15,17H2,1H3,(H,32,37). The van der Waals surface area contributed by atoms with Gasteiger partial charge in [0.2, 0.25) is 0 Å². The maximum atomic E-state index is 12.7. The minimum Gasteiger partial charge on any atom is -0.444 e. The van der Waals surface area contributed by atoms with Gasteiger partial charge in [0.15, 0.2) is 0 Å². The number of aromatic nitrogens is 2. The zero-order valence-electron chi connectivity index (χ0n) is 21.7. The maximum Gasteiger partial charge on any atom is 0.412 e. The number of hydrogen-bond donors (Lipinski definition) is 2. The van der Waals surface area contributed by atoms with Crippen LogP contribution < -0.4 is 5.32 Å². The summed E-state index contributed by atoms with van der Waals surface area (Å²) in [6.07, 6.45) is 1.37. The molecule has 1 fully saturated rings. The van der Waals surface area contributed by atoms with Crippen molar-refractivity contribution in [2.75, 3.05) is 44.6 Å². The summed E-state index contributed by atoms with van der Waals surface area (Å²) in [6.45, 7) is 8.52. The van der Waals surface area contributed by atoms with E-state index in [2.05, 4.69) is 50.2 Å². The number of piperazine rings is 1. The van der Waals surface area contributed by atoms with E-state index in [0.29, 0.717) is 21.3 Å². The van der Waals surface area contributed by atoms with Gasteiger partial charge in [0.1, 0.15) is 11.6 Å². The van der Waals surface area contributed by atoms with Crippen LogP contribution in [0.2, 0.25) is 10.0 Å². The second kappa shape index (κ2) is 12.7. The van der Waals surface area contributed by atoms with Crippen LogP contribution in [-0.2, 0) is 24.4 Å². The number of β-amino-alcohol motifs (C(OH)–C–C–N with tert-alkyl or cyclic N) is 1. The van der Waals surface area contributed by atoms with Crippen molar-refractivity contribution >= 4 is 57.2 Å². The molecule has 2 N–H and O–H groups in total. The summed E-state index contributed by atoms with van der Waals surface area (Å²) in [4.78, 5) is 22.3. The van der Waals surface area contributed by atoms with Crippen LogP contribution in [0.15, 0.2) is 48.0 Å². The SMILES string of the molecule is CCn1cc(NC(=O)OCc2cc(Cl)cc(Cl)c2)c2cc(-c3nc(CN4CCN(CCO)CC4)cs3)ccc21. The van der Waals surface area contributed by atoms with Gasteiger partial charge in [-0.15, -0.1) is 11.3 Å². The third-order valence-electron chi connectivity index (χ3n) is 6.82. The van der Waals surface area contributed by atoms with E-state index in [9.17, 15) is 4.79 Å². The Kier molecular flexibility index (Phi) is 9.06. The molecule has 206 valence electrons. The number of anilines is 1. The van der Waals surface area contributed by atoms with Crippen molar-refractivity contribution in [1.82, 2.24) is 19.4 Å². The summed E-state index contributed by atoms with van der Waals surface area (Å²) in [7, 11) is 0. The number of ether oxygens (including phenoxy) is 1. The number of thiazole rings is 1. The quantitative estimate of drug-likeness (QED) is 0.252. The lowest BCUT2D eigenvalue weighted by atomic mass is 10.1. The van der Waals surface area contributed by atoms with Gasteiger partial charge in [-0.25, -0.2) is 9.78 Å². The average Bonchev–Trinajstić information content (AvgIpc) is 3.52. The predicted octanol–water partition coefficient (Wildman–Crippen LogP) is 5.95. The molecule has 4 aromatic rings. The first-order valence-corrected chi connectivity index (χ1v) is 14.6. The lowest BCUT2D eigenvalue weighted by molar-refractivity contribution is 0.108. The number of aliphatic hydroxyl groups is 1. The Hall–Kier alpha value is -2.66. The van der Waals surface area contributed by atoms with E-state index in [1.165, 1.54) is 0 Å². The van der Waals surface area contributed by atoms with Crippen molar-refractivity contribution in [3.8, 4) is 10.6 Å². The molecule has 0 saturated carbocycles. The highest BCUT2D eigenvalue weighted by molar-refractivity contribution is 7.13. The highest BCUT2D eigenvalue weighted by Gasteiger charge is 2.18. The Morgan fingerprint density at radius 3 is 2.56 bits per heavy atom. The normalized spacial score (nSPS) is 14.7. The van der Waals surface area contributed by atoms with Gasteiger partial charge in [-0.2, -0.15) is 0 Å². The molecular formula is C28H31Cl2N5O3S. The summed E-state index contributed by atoms with van der Waals surface area (Å²) < 4.78 is 7.53. The van der Waals surface area contributed by atoms with Gasteiger partial charge >= 0.3 is 6.09 Å². The van der Waals surface area contributed by atoms with Crippen molar-refractivity contribution in [2.45, 2.75) is 26.6 Å². The lowest BCUT2D eigenvalue weighted by Crippen LogP contribution is -2.46. The van der Waals surface area contributed by atoms with E-state index >= 15 is 0 Å². The molecule has 39 heavy (non-hydrogen) atoms. The largest absolute Gasteiger partial charge is 0.444 e. The number of benzene rings is 2. The van der Waals surface area contributed by atoms with Gasteiger partial charge < -0.3 is 14.4 Å². The molecule has 3 heterocycles. The maximum absolute atomic E-state index is 12.7. The van der Waals surface area contributed by atoms with Crippen LogP contribution in [0.25, 0.3) is 21.5 Å². The molecular weight excluding hydrogens is 557 g/mol. The van der Waals surface area contributed by atoms with Gasteiger partial charge in [0.25, 0.3) is 0 Å². The molecule has 1 aliphatic heterocycles. The number of nitrogens with one attached hydrogen (secondary N) is 1. The Labute approximate surface area is 241 Å². The van der Waals surface area contributed by atoms with Gasteiger partial charge in [-0.1, -0.05) is 23.2 Å². The topological polar surface area (TPSA) is 82.9 Å². The van der Waals surface area contributed by atoms with Crippen LogP contribution in [0.5, 0.6) is 0 Å². The number of aliphatic hydroxyl groups excluding tert-OH is 1. The summed E-state index contributed by atoms with van der Waals surface area (Å²) >= 11 is 13.7. The molecule has 2 aromatic heterocycles. The Balaban J connectivity index is 1.28. The molecule has 11 heteroatoms. The van der Waals surface area contributed by atoms with Crippen LogP contribution in [0.4, 0.5) is 10.5 Å². The number of rotatable bonds is 9. The van der Waals surface area contributed by atoms with E-state index < -0.39 is 6.09 Å². The smallest absolute Gasteiger partial charge is 0.412 e. The zero-order chi connectivity index (χ0) is 27.4. The van der Waals surface area contributed by atoms with Crippen molar-refractivity contribution in [3.63, 3.8) is 0 Å². The van der Waals surface area contributed by atoms with Gasteiger partial charge in [-0.3, -0.25) is 15.1 Å². The fourth-order valence-corrected chi connectivity index (χ4v) is 6.21. The molecule has 8 nitrogen and oxygen atoms in total. The molecule has 0 unspecified atom stereocenters. The molecule has 0 atom stereocenters. The molecule has 0 spiro atoms. The summed E-state index contributed by atoms with van der Waals surface area (Å²) in [5, 5.41) is 17.0. The van der Waals surface area contributed by atoms with Crippen LogP contribution in [0.1, 0.15) is 18.2 Å². The second-order valence-corrected chi connectivity index (χ2v) is 11.3.